The Bertz CT molecular complexity index is 3150. The number of fused-ring (bicyclic) bond motifs is 9. The van der Waals surface area contributed by atoms with Crippen LogP contribution in [-0.2, 0) is 0 Å². The van der Waals surface area contributed by atoms with Gasteiger partial charge in [0.1, 0.15) is 11.2 Å². The second-order valence-electron chi connectivity index (χ2n) is 13.6. The maximum atomic E-state index is 6.58. The van der Waals surface area contributed by atoms with E-state index < -0.39 is 0 Å². The molecule has 0 saturated heterocycles. The summed E-state index contributed by atoms with van der Waals surface area (Å²) in [5.41, 5.74) is 9.32. The fourth-order valence-electron chi connectivity index (χ4n) is 7.81. The van der Waals surface area contributed by atoms with Gasteiger partial charge < -0.3 is 4.42 Å². The molecule has 4 nitrogen and oxygen atoms in total. The molecule has 0 aliphatic heterocycles. The lowest BCUT2D eigenvalue weighted by molar-refractivity contribution is 0.673. The zero-order chi connectivity index (χ0) is 34.9. The number of pyridine rings is 1. The second-order valence-corrected chi connectivity index (χ2v) is 13.6. The molecule has 3 heterocycles. The van der Waals surface area contributed by atoms with Gasteiger partial charge in [-0.3, -0.25) is 0 Å². The first-order valence-electron chi connectivity index (χ1n) is 17.8. The average Bonchev–Trinajstić information content (AvgIpc) is 3.62. The van der Waals surface area contributed by atoms with E-state index in [0.29, 0.717) is 5.82 Å². The Morgan fingerprint density at radius 1 is 0.358 bits per heavy atom. The third-order valence-corrected chi connectivity index (χ3v) is 10.4. The Balaban J connectivity index is 1.12. The van der Waals surface area contributed by atoms with Gasteiger partial charge in [-0.1, -0.05) is 133 Å². The van der Waals surface area contributed by atoms with Crippen molar-refractivity contribution in [3.63, 3.8) is 0 Å². The Morgan fingerprint density at radius 3 is 1.75 bits per heavy atom. The SMILES string of the molecule is c1cc(-c2cc(-c3ccc4ccccc4c3)nc(-c3ccc4ccccc4c3)n2)cc(-c2nc3ccccc3c3c2ccc2c4ccccc4oc23)c1. The van der Waals surface area contributed by atoms with Gasteiger partial charge in [0.15, 0.2) is 5.82 Å². The van der Waals surface area contributed by atoms with E-state index in [2.05, 4.69) is 158 Å². The summed E-state index contributed by atoms with van der Waals surface area (Å²) >= 11 is 0. The van der Waals surface area contributed by atoms with Gasteiger partial charge in [0.05, 0.1) is 22.6 Å². The number of nitrogens with zero attached hydrogens (tertiary/aromatic N) is 3. The topological polar surface area (TPSA) is 51.8 Å². The molecule has 0 radical (unpaired) electrons. The average molecular weight is 676 g/mol. The standard InChI is InChI=1S/C49H29N3O/c1-3-12-32-26-35(22-20-30(32)10-1)44-29-43(51-49(52-44)37-23-21-31-11-2-4-13-33(31)27-37)34-14-9-15-36(28-34)47-41-25-24-39-38-16-6-8-19-45(38)53-48(39)46(41)40-17-5-7-18-42(40)50-47/h1-29H. The molecule has 246 valence electrons. The molecule has 0 amide bonds. The van der Waals surface area contributed by atoms with Crippen molar-refractivity contribution in [2.75, 3.05) is 0 Å². The molecule has 53 heavy (non-hydrogen) atoms. The minimum Gasteiger partial charge on any atom is -0.455 e. The molecule has 0 spiro atoms. The molecule has 0 bridgehead atoms. The zero-order valence-electron chi connectivity index (χ0n) is 28.5. The first kappa shape index (κ1) is 29.5. The van der Waals surface area contributed by atoms with Gasteiger partial charge in [-0.05, 0) is 64.0 Å². The van der Waals surface area contributed by atoms with E-state index in [1.807, 2.05) is 18.2 Å². The number of benzene rings is 8. The van der Waals surface area contributed by atoms with Crippen LogP contribution in [0.5, 0.6) is 0 Å². The van der Waals surface area contributed by atoms with Crippen LogP contribution in [0.3, 0.4) is 0 Å². The minimum atomic E-state index is 0.684. The van der Waals surface area contributed by atoms with Crippen LogP contribution in [0.15, 0.2) is 180 Å². The van der Waals surface area contributed by atoms with Crippen molar-refractivity contribution >= 4 is 65.2 Å². The Labute approximate surface area is 304 Å². The number of para-hydroxylation sites is 2. The Morgan fingerprint density at radius 2 is 0.962 bits per heavy atom. The van der Waals surface area contributed by atoms with Gasteiger partial charge >= 0.3 is 0 Å². The summed E-state index contributed by atoms with van der Waals surface area (Å²) in [6, 6.07) is 61.4. The van der Waals surface area contributed by atoms with Gasteiger partial charge in [-0.15, -0.1) is 0 Å². The lowest BCUT2D eigenvalue weighted by Crippen LogP contribution is -1.96. The van der Waals surface area contributed by atoms with Crippen LogP contribution in [0.25, 0.3) is 110 Å². The molecule has 3 aromatic heterocycles. The quantitative estimate of drug-likeness (QED) is 0.174. The van der Waals surface area contributed by atoms with Crippen molar-refractivity contribution in [1.82, 2.24) is 15.0 Å². The Kier molecular flexibility index (Phi) is 6.52. The molecule has 11 aromatic rings. The van der Waals surface area contributed by atoms with Crippen molar-refractivity contribution in [3.05, 3.63) is 176 Å². The summed E-state index contributed by atoms with van der Waals surface area (Å²) < 4.78 is 6.58. The summed E-state index contributed by atoms with van der Waals surface area (Å²) in [5, 5.41) is 10.1. The molecule has 0 fully saturated rings. The summed E-state index contributed by atoms with van der Waals surface area (Å²) in [6.07, 6.45) is 0. The summed E-state index contributed by atoms with van der Waals surface area (Å²) in [5.74, 6) is 0.684. The largest absolute Gasteiger partial charge is 0.455 e. The third-order valence-electron chi connectivity index (χ3n) is 10.4. The second kappa shape index (κ2) is 11.7. The van der Waals surface area contributed by atoms with E-state index >= 15 is 0 Å². The van der Waals surface area contributed by atoms with Gasteiger partial charge in [-0.2, -0.15) is 0 Å². The van der Waals surface area contributed by atoms with Crippen LogP contribution in [0, 0.1) is 0 Å². The van der Waals surface area contributed by atoms with Gasteiger partial charge in [0.2, 0.25) is 0 Å². The van der Waals surface area contributed by atoms with Crippen molar-refractivity contribution in [3.8, 4) is 45.2 Å². The number of furan rings is 1. The van der Waals surface area contributed by atoms with Crippen LogP contribution in [0.2, 0.25) is 0 Å². The molecule has 0 aliphatic carbocycles. The zero-order valence-corrected chi connectivity index (χ0v) is 28.5. The van der Waals surface area contributed by atoms with Gasteiger partial charge in [0.25, 0.3) is 0 Å². The molecule has 0 atom stereocenters. The predicted molar refractivity (Wildman–Crippen MR) is 219 cm³/mol. The molecule has 0 saturated carbocycles. The van der Waals surface area contributed by atoms with Crippen LogP contribution in [0.1, 0.15) is 0 Å². The fourth-order valence-corrected chi connectivity index (χ4v) is 7.81. The summed E-state index contributed by atoms with van der Waals surface area (Å²) in [4.78, 5) is 15.7. The molecule has 0 unspecified atom stereocenters. The third kappa shape index (κ3) is 4.88. The number of hydrogen-bond acceptors (Lipinski definition) is 4. The van der Waals surface area contributed by atoms with Gasteiger partial charge in [-0.25, -0.2) is 15.0 Å². The normalized spacial score (nSPS) is 11.8. The highest BCUT2D eigenvalue weighted by Gasteiger charge is 2.18. The summed E-state index contributed by atoms with van der Waals surface area (Å²) in [7, 11) is 0. The van der Waals surface area contributed by atoms with E-state index in [4.69, 9.17) is 19.4 Å². The van der Waals surface area contributed by atoms with Crippen LogP contribution < -0.4 is 0 Å². The lowest BCUT2D eigenvalue weighted by atomic mass is 9.96. The fraction of sp³-hybridized carbons (Fsp3) is 0. The number of aromatic nitrogens is 3. The summed E-state index contributed by atoms with van der Waals surface area (Å²) in [6.45, 7) is 0. The molecule has 8 aromatic carbocycles. The first-order valence-corrected chi connectivity index (χ1v) is 17.8. The first-order chi connectivity index (χ1) is 26.2. The monoisotopic (exact) mass is 675 g/mol. The predicted octanol–water partition coefficient (Wildman–Crippen LogP) is 13.1. The lowest BCUT2D eigenvalue weighted by Gasteiger charge is -2.13. The molecule has 0 N–H and O–H groups in total. The van der Waals surface area contributed by atoms with E-state index in [0.717, 1.165) is 88.3 Å². The molecular weight excluding hydrogens is 647 g/mol. The van der Waals surface area contributed by atoms with Crippen molar-refractivity contribution in [1.29, 1.82) is 0 Å². The van der Waals surface area contributed by atoms with E-state index in [1.54, 1.807) is 0 Å². The molecular formula is C49H29N3O. The highest BCUT2D eigenvalue weighted by molar-refractivity contribution is 6.24. The molecule has 4 heteroatoms. The maximum absolute atomic E-state index is 6.58. The number of hydrogen-bond donors (Lipinski definition) is 0. The van der Waals surface area contributed by atoms with E-state index in [9.17, 15) is 0 Å². The van der Waals surface area contributed by atoms with Crippen molar-refractivity contribution < 1.29 is 4.42 Å². The van der Waals surface area contributed by atoms with E-state index in [-0.39, 0.29) is 0 Å². The number of rotatable bonds is 4. The van der Waals surface area contributed by atoms with Gasteiger partial charge in [0, 0.05) is 49.2 Å². The molecule has 11 rings (SSSR count). The van der Waals surface area contributed by atoms with Crippen molar-refractivity contribution in [2.24, 2.45) is 0 Å². The highest BCUT2D eigenvalue weighted by atomic mass is 16.3. The van der Waals surface area contributed by atoms with Crippen LogP contribution in [0.4, 0.5) is 0 Å². The maximum Gasteiger partial charge on any atom is 0.160 e. The Hall–Kier alpha value is -7.17. The highest BCUT2D eigenvalue weighted by Crippen LogP contribution is 2.41. The minimum absolute atomic E-state index is 0.684. The smallest absolute Gasteiger partial charge is 0.160 e. The molecule has 0 aliphatic rings. The van der Waals surface area contributed by atoms with Crippen molar-refractivity contribution in [2.45, 2.75) is 0 Å². The van der Waals surface area contributed by atoms with Crippen LogP contribution >= 0.6 is 0 Å². The van der Waals surface area contributed by atoms with Crippen LogP contribution in [-0.4, -0.2) is 15.0 Å². The van der Waals surface area contributed by atoms with E-state index in [1.165, 1.54) is 16.2 Å².